The minimum Gasteiger partial charge on any atom is -0.375 e. The topological polar surface area (TPSA) is 102 Å². The van der Waals surface area contributed by atoms with Gasteiger partial charge in [-0.2, -0.15) is 0 Å². The summed E-state index contributed by atoms with van der Waals surface area (Å²) in [4.78, 5) is 14.1. The van der Waals surface area contributed by atoms with E-state index in [1.165, 1.54) is 12.1 Å². The van der Waals surface area contributed by atoms with Crippen molar-refractivity contribution in [1.82, 2.24) is 10.2 Å². The van der Waals surface area contributed by atoms with Crippen molar-refractivity contribution < 1.29 is 17.9 Å². The van der Waals surface area contributed by atoms with Gasteiger partial charge in [0.2, 0.25) is 10.0 Å². The van der Waals surface area contributed by atoms with E-state index in [-0.39, 0.29) is 23.1 Å². The van der Waals surface area contributed by atoms with Gasteiger partial charge >= 0.3 is 6.03 Å². The van der Waals surface area contributed by atoms with Gasteiger partial charge in [-0.15, -0.1) is 0 Å². The highest BCUT2D eigenvalue weighted by molar-refractivity contribution is 7.89. The predicted octanol–water partition coefficient (Wildman–Crippen LogP) is 1.22. The molecular formula is C15H23N3O4S. The molecule has 2 amide bonds. The molecule has 0 saturated carbocycles. The minimum atomic E-state index is -3.76. The molecule has 1 saturated heterocycles. The molecule has 7 nitrogen and oxygen atoms in total. The molecule has 1 aromatic carbocycles. The second kappa shape index (κ2) is 7.29. The van der Waals surface area contributed by atoms with E-state index < -0.39 is 10.0 Å². The molecule has 0 unspecified atom stereocenters. The number of sulfonamides is 1. The van der Waals surface area contributed by atoms with Crippen LogP contribution in [0, 0.1) is 0 Å². The molecule has 0 spiro atoms. The fourth-order valence-corrected chi connectivity index (χ4v) is 3.14. The third-order valence-corrected chi connectivity index (χ3v) is 4.73. The maximum Gasteiger partial charge on any atom is 0.318 e. The van der Waals surface area contributed by atoms with Gasteiger partial charge in [-0.3, -0.25) is 0 Å². The van der Waals surface area contributed by atoms with Gasteiger partial charge in [0.05, 0.1) is 23.6 Å². The summed E-state index contributed by atoms with van der Waals surface area (Å²) in [7, 11) is -3.76. The van der Waals surface area contributed by atoms with Gasteiger partial charge in [0.25, 0.3) is 0 Å². The number of morpholine rings is 1. The van der Waals surface area contributed by atoms with E-state index in [0.717, 1.165) is 0 Å². The fourth-order valence-electron chi connectivity index (χ4n) is 2.57. The summed E-state index contributed by atoms with van der Waals surface area (Å²) in [5, 5.41) is 8.11. The largest absolute Gasteiger partial charge is 0.375 e. The highest BCUT2D eigenvalue weighted by Gasteiger charge is 2.23. The SMILES string of the molecule is CC[C@H](NC(=O)N1CCO[C@H](C)C1)c1cccc(S(N)(=O)=O)c1. The summed E-state index contributed by atoms with van der Waals surface area (Å²) >= 11 is 0. The Morgan fingerprint density at radius 1 is 1.52 bits per heavy atom. The molecule has 0 aromatic heterocycles. The maximum absolute atomic E-state index is 12.4. The summed E-state index contributed by atoms with van der Waals surface area (Å²) in [5.41, 5.74) is 0.716. The summed E-state index contributed by atoms with van der Waals surface area (Å²) in [5.74, 6) is 0. The van der Waals surface area contributed by atoms with Crippen molar-refractivity contribution in [1.29, 1.82) is 0 Å². The fraction of sp³-hybridized carbons (Fsp3) is 0.533. The number of nitrogens with one attached hydrogen (secondary N) is 1. The first-order chi connectivity index (χ1) is 10.8. The lowest BCUT2D eigenvalue weighted by Gasteiger charge is -2.32. The summed E-state index contributed by atoms with van der Waals surface area (Å²) < 4.78 is 28.4. The molecular weight excluding hydrogens is 318 g/mol. The predicted molar refractivity (Wildman–Crippen MR) is 86.4 cm³/mol. The first-order valence-electron chi connectivity index (χ1n) is 7.61. The molecule has 0 radical (unpaired) electrons. The van der Waals surface area contributed by atoms with Crippen LogP contribution in [0.25, 0.3) is 0 Å². The molecule has 23 heavy (non-hydrogen) atoms. The number of ether oxygens (including phenoxy) is 1. The van der Waals surface area contributed by atoms with E-state index in [9.17, 15) is 13.2 Å². The first-order valence-corrected chi connectivity index (χ1v) is 9.15. The Labute approximate surface area is 136 Å². The van der Waals surface area contributed by atoms with Crippen LogP contribution in [0.2, 0.25) is 0 Å². The number of benzene rings is 1. The van der Waals surface area contributed by atoms with E-state index in [4.69, 9.17) is 9.88 Å². The van der Waals surface area contributed by atoms with E-state index in [0.29, 0.717) is 31.7 Å². The Morgan fingerprint density at radius 2 is 2.26 bits per heavy atom. The second-order valence-corrected chi connectivity index (χ2v) is 7.22. The van der Waals surface area contributed by atoms with Crippen LogP contribution in [0.4, 0.5) is 4.79 Å². The smallest absolute Gasteiger partial charge is 0.318 e. The van der Waals surface area contributed by atoms with Crippen molar-refractivity contribution in [3.63, 3.8) is 0 Å². The Kier molecular flexibility index (Phi) is 5.61. The van der Waals surface area contributed by atoms with Crippen LogP contribution < -0.4 is 10.5 Å². The van der Waals surface area contributed by atoms with Crippen molar-refractivity contribution in [3.8, 4) is 0 Å². The average Bonchev–Trinajstić information content (AvgIpc) is 2.51. The van der Waals surface area contributed by atoms with Gasteiger partial charge in [0.1, 0.15) is 0 Å². The summed E-state index contributed by atoms with van der Waals surface area (Å²) in [6, 6.07) is 5.91. The van der Waals surface area contributed by atoms with Crippen molar-refractivity contribution in [2.45, 2.75) is 37.3 Å². The van der Waals surface area contributed by atoms with Crippen LogP contribution in [0.1, 0.15) is 31.9 Å². The number of carbonyl (C=O) groups is 1. The van der Waals surface area contributed by atoms with Gasteiger partial charge in [0.15, 0.2) is 0 Å². The van der Waals surface area contributed by atoms with Gasteiger partial charge in [-0.1, -0.05) is 19.1 Å². The standard InChI is InChI=1S/C15H23N3O4S/c1-3-14(12-5-4-6-13(9-12)23(16,20)21)17-15(19)18-7-8-22-11(2)10-18/h4-6,9,11,14H,3,7-8,10H2,1-2H3,(H,17,19)(H2,16,20,21)/t11-,14+/m1/s1. The second-order valence-electron chi connectivity index (χ2n) is 5.66. The number of amides is 2. The van der Waals surface area contributed by atoms with Gasteiger partial charge < -0.3 is 15.0 Å². The van der Waals surface area contributed by atoms with Gasteiger partial charge in [-0.05, 0) is 31.0 Å². The third kappa shape index (κ3) is 4.66. The van der Waals surface area contributed by atoms with Gasteiger partial charge in [0, 0.05) is 13.1 Å². The van der Waals surface area contributed by atoms with Crippen LogP contribution in [0.5, 0.6) is 0 Å². The van der Waals surface area contributed by atoms with Crippen molar-refractivity contribution in [2.75, 3.05) is 19.7 Å². The van der Waals surface area contributed by atoms with Gasteiger partial charge in [-0.25, -0.2) is 18.4 Å². The zero-order valence-electron chi connectivity index (χ0n) is 13.4. The Bertz CT molecular complexity index is 662. The average molecular weight is 341 g/mol. The van der Waals surface area contributed by atoms with Crippen LogP contribution in [-0.2, 0) is 14.8 Å². The summed E-state index contributed by atoms with van der Waals surface area (Å²) in [6.07, 6.45) is 0.653. The third-order valence-electron chi connectivity index (χ3n) is 3.82. The number of rotatable bonds is 4. The number of primary sulfonamides is 1. The maximum atomic E-state index is 12.4. The summed E-state index contributed by atoms with van der Waals surface area (Å²) in [6.45, 7) is 5.46. The highest BCUT2D eigenvalue weighted by Crippen LogP contribution is 2.20. The molecule has 2 rings (SSSR count). The molecule has 1 aliphatic heterocycles. The normalized spacial score (nSPS) is 20.1. The van der Waals surface area contributed by atoms with Crippen molar-refractivity contribution in [2.24, 2.45) is 5.14 Å². The van der Waals surface area contributed by atoms with Crippen molar-refractivity contribution >= 4 is 16.1 Å². The zero-order valence-corrected chi connectivity index (χ0v) is 14.2. The van der Waals surface area contributed by atoms with E-state index in [1.807, 2.05) is 13.8 Å². The quantitative estimate of drug-likeness (QED) is 0.859. The molecule has 2 atom stereocenters. The Balaban J connectivity index is 2.12. The molecule has 1 aromatic rings. The van der Waals surface area contributed by atoms with E-state index >= 15 is 0 Å². The number of hydrogen-bond donors (Lipinski definition) is 2. The molecule has 1 aliphatic rings. The van der Waals surface area contributed by atoms with Crippen LogP contribution in [0.3, 0.4) is 0 Å². The van der Waals surface area contributed by atoms with Crippen LogP contribution >= 0.6 is 0 Å². The highest BCUT2D eigenvalue weighted by atomic mass is 32.2. The van der Waals surface area contributed by atoms with E-state index in [1.54, 1.807) is 17.0 Å². The Hall–Kier alpha value is -1.64. The number of urea groups is 1. The lowest BCUT2D eigenvalue weighted by molar-refractivity contribution is -0.00389. The number of carbonyl (C=O) groups excluding carboxylic acids is 1. The molecule has 1 heterocycles. The zero-order chi connectivity index (χ0) is 17.0. The molecule has 0 aliphatic carbocycles. The number of hydrogen-bond acceptors (Lipinski definition) is 4. The number of nitrogens with two attached hydrogens (primary N) is 1. The van der Waals surface area contributed by atoms with Crippen LogP contribution in [0.15, 0.2) is 29.2 Å². The molecule has 1 fully saturated rings. The van der Waals surface area contributed by atoms with Crippen LogP contribution in [-0.4, -0.2) is 45.1 Å². The number of nitrogens with zero attached hydrogens (tertiary/aromatic N) is 1. The lowest BCUT2D eigenvalue weighted by atomic mass is 10.0. The molecule has 0 bridgehead atoms. The molecule has 128 valence electrons. The van der Waals surface area contributed by atoms with E-state index in [2.05, 4.69) is 5.32 Å². The Morgan fingerprint density at radius 3 is 2.87 bits per heavy atom. The lowest BCUT2D eigenvalue weighted by Crippen LogP contribution is -2.49. The minimum absolute atomic E-state index is 0.0142. The molecule has 8 heteroatoms. The molecule has 3 N–H and O–H groups in total. The first kappa shape index (κ1) is 17.7. The monoisotopic (exact) mass is 341 g/mol. The van der Waals surface area contributed by atoms with Crippen molar-refractivity contribution in [3.05, 3.63) is 29.8 Å².